The zero-order chi connectivity index (χ0) is 12.9. The Morgan fingerprint density at radius 2 is 1.78 bits per heavy atom. The summed E-state index contributed by atoms with van der Waals surface area (Å²) in [5, 5.41) is 4.43. The van der Waals surface area contributed by atoms with E-state index in [0.29, 0.717) is 0 Å². The Labute approximate surface area is 114 Å². The van der Waals surface area contributed by atoms with Crippen molar-refractivity contribution in [1.82, 2.24) is 14.2 Å². The number of halogens is 1. The first kappa shape index (κ1) is 11.5. The van der Waals surface area contributed by atoms with Crippen LogP contribution in [0.5, 0.6) is 0 Å². The van der Waals surface area contributed by atoms with Crippen molar-refractivity contribution in [2.45, 2.75) is 13.8 Å². The molecule has 3 nitrogen and oxygen atoms in total. The molecule has 1 aromatic carbocycles. The van der Waals surface area contributed by atoms with Gasteiger partial charge in [0.25, 0.3) is 0 Å². The van der Waals surface area contributed by atoms with Gasteiger partial charge in [-0.1, -0.05) is 28.1 Å². The first-order valence-electron chi connectivity index (χ1n) is 5.85. The van der Waals surface area contributed by atoms with Gasteiger partial charge in [0.2, 0.25) is 0 Å². The molecule has 0 aliphatic rings. The fourth-order valence-electron chi connectivity index (χ4n) is 2.47. The molecule has 0 unspecified atom stereocenters. The zero-order valence-corrected chi connectivity index (χ0v) is 12.2. The van der Waals surface area contributed by atoms with E-state index in [4.69, 9.17) is 0 Å². The summed E-state index contributed by atoms with van der Waals surface area (Å²) in [6.07, 6.45) is 0. The minimum atomic E-state index is 1.02. The molecule has 0 radical (unpaired) electrons. The first-order chi connectivity index (χ1) is 8.58. The van der Waals surface area contributed by atoms with Crippen LogP contribution in [0.25, 0.3) is 16.8 Å². The van der Waals surface area contributed by atoms with Gasteiger partial charge in [0.05, 0.1) is 0 Å². The summed E-state index contributed by atoms with van der Waals surface area (Å²) >= 11 is 3.47. The smallest absolute Gasteiger partial charge is 0.135 e. The minimum absolute atomic E-state index is 1.02. The Morgan fingerprint density at radius 3 is 2.39 bits per heavy atom. The summed E-state index contributed by atoms with van der Waals surface area (Å²) in [7, 11) is 1.98. The van der Waals surface area contributed by atoms with E-state index >= 15 is 0 Å². The number of nitrogens with zero attached hydrogens (tertiary/aromatic N) is 3. The van der Waals surface area contributed by atoms with Crippen LogP contribution in [0.15, 0.2) is 34.8 Å². The van der Waals surface area contributed by atoms with E-state index in [1.54, 1.807) is 0 Å². The highest BCUT2D eigenvalue weighted by Crippen LogP contribution is 2.28. The third kappa shape index (κ3) is 1.60. The predicted molar refractivity (Wildman–Crippen MR) is 76.8 cm³/mol. The molecule has 2 aromatic heterocycles. The van der Waals surface area contributed by atoms with Gasteiger partial charge in [0.15, 0.2) is 0 Å². The molecule has 0 N–H and O–H groups in total. The third-order valence-corrected chi connectivity index (χ3v) is 3.86. The van der Waals surface area contributed by atoms with Crippen LogP contribution < -0.4 is 0 Å². The maximum absolute atomic E-state index is 4.43. The molecule has 2 heterocycles. The maximum atomic E-state index is 4.43. The molecule has 0 aliphatic heterocycles. The van der Waals surface area contributed by atoms with Gasteiger partial charge in [0, 0.05) is 22.8 Å². The van der Waals surface area contributed by atoms with Gasteiger partial charge in [-0.15, -0.1) is 0 Å². The van der Waals surface area contributed by atoms with Crippen LogP contribution in [0.2, 0.25) is 0 Å². The molecule has 0 spiro atoms. The molecular formula is C14H14BrN3. The van der Waals surface area contributed by atoms with Crippen molar-refractivity contribution in [3.63, 3.8) is 0 Å². The molecule has 3 rings (SSSR count). The molecule has 0 saturated heterocycles. The normalized spacial score (nSPS) is 11.3. The van der Waals surface area contributed by atoms with E-state index in [1.165, 1.54) is 16.8 Å². The lowest BCUT2D eigenvalue weighted by molar-refractivity contribution is 0.782. The van der Waals surface area contributed by atoms with E-state index in [0.717, 1.165) is 15.9 Å². The summed E-state index contributed by atoms with van der Waals surface area (Å²) < 4.78 is 5.22. The average Bonchev–Trinajstić information content (AvgIpc) is 2.81. The van der Waals surface area contributed by atoms with E-state index in [-0.39, 0.29) is 0 Å². The van der Waals surface area contributed by atoms with Crippen molar-refractivity contribution in [3.8, 4) is 11.1 Å². The van der Waals surface area contributed by atoms with Crippen molar-refractivity contribution in [2.24, 2.45) is 7.05 Å². The van der Waals surface area contributed by atoms with Crippen molar-refractivity contribution in [1.29, 1.82) is 0 Å². The Kier molecular flexibility index (Phi) is 2.55. The summed E-state index contributed by atoms with van der Waals surface area (Å²) in [6.45, 7) is 4.17. The van der Waals surface area contributed by atoms with Crippen LogP contribution in [0.3, 0.4) is 0 Å². The van der Waals surface area contributed by atoms with Crippen LogP contribution in [-0.4, -0.2) is 14.2 Å². The summed E-state index contributed by atoms with van der Waals surface area (Å²) in [5.41, 5.74) is 4.86. The fourth-order valence-corrected chi connectivity index (χ4v) is 2.74. The maximum Gasteiger partial charge on any atom is 0.135 e. The van der Waals surface area contributed by atoms with E-state index < -0.39 is 0 Å². The minimum Gasteiger partial charge on any atom is -0.285 e. The Bertz CT molecular complexity index is 720. The molecular weight excluding hydrogens is 290 g/mol. The van der Waals surface area contributed by atoms with Crippen LogP contribution in [0.1, 0.15) is 11.5 Å². The van der Waals surface area contributed by atoms with Gasteiger partial charge in [-0.3, -0.25) is 9.08 Å². The van der Waals surface area contributed by atoms with E-state index in [1.807, 2.05) is 18.7 Å². The van der Waals surface area contributed by atoms with Gasteiger partial charge in [-0.2, -0.15) is 5.10 Å². The van der Waals surface area contributed by atoms with Crippen molar-refractivity contribution in [2.75, 3.05) is 0 Å². The van der Waals surface area contributed by atoms with Crippen LogP contribution in [0, 0.1) is 13.8 Å². The number of hydrogen-bond acceptors (Lipinski definition) is 1. The van der Waals surface area contributed by atoms with E-state index in [2.05, 4.69) is 62.7 Å². The highest BCUT2D eigenvalue weighted by Gasteiger charge is 2.13. The third-order valence-electron chi connectivity index (χ3n) is 3.33. The second-order valence-corrected chi connectivity index (χ2v) is 5.43. The molecule has 4 heteroatoms. The molecule has 0 bridgehead atoms. The lowest BCUT2D eigenvalue weighted by Crippen LogP contribution is -1.90. The Morgan fingerprint density at radius 1 is 1.11 bits per heavy atom. The van der Waals surface area contributed by atoms with Crippen molar-refractivity contribution < 1.29 is 0 Å². The lowest BCUT2D eigenvalue weighted by atomic mass is 10.1. The number of hydrogen-bond donors (Lipinski definition) is 0. The molecule has 0 saturated carbocycles. The second-order valence-electron chi connectivity index (χ2n) is 4.51. The van der Waals surface area contributed by atoms with Gasteiger partial charge >= 0.3 is 0 Å². The standard InChI is InChI=1S/C14H14BrN3/c1-9-13(11-4-6-12(15)7-5-11)8-14-17(3)16-10(2)18(9)14/h4-8H,1-3H3. The summed E-state index contributed by atoms with van der Waals surface area (Å²) in [5.74, 6) is 1.02. The lowest BCUT2D eigenvalue weighted by Gasteiger charge is -2.01. The Hall–Kier alpha value is -1.55. The largest absolute Gasteiger partial charge is 0.285 e. The zero-order valence-electron chi connectivity index (χ0n) is 10.6. The van der Waals surface area contributed by atoms with Crippen LogP contribution >= 0.6 is 15.9 Å². The molecule has 0 aliphatic carbocycles. The quantitative estimate of drug-likeness (QED) is 0.671. The molecule has 3 aromatic rings. The van der Waals surface area contributed by atoms with Gasteiger partial charge < -0.3 is 0 Å². The summed E-state index contributed by atoms with van der Waals surface area (Å²) in [6, 6.07) is 10.6. The van der Waals surface area contributed by atoms with Gasteiger partial charge in [-0.05, 0) is 37.6 Å². The highest BCUT2D eigenvalue weighted by molar-refractivity contribution is 9.10. The van der Waals surface area contributed by atoms with Crippen LogP contribution in [-0.2, 0) is 7.05 Å². The molecule has 0 fully saturated rings. The monoisotopic (exact) mass is 303 g/mol. The Balaban J connectivity index is 2.27. The summed E-state index contributed by atoms with van der Waals surface area (Å²) in [4.78, 5) is 0. The van der Waals surface area contributed by atoms with Gasteiger partial charge in [0.1, 0.15) is 11.5 Å². The number of rotatable bonds is 1. The number of aromatic nitrogens is 3. The fraction of sp³-hybridized carbons (Fsp3) is 0.214. The van der Waals surface area contributed by atoms with Crippen molar-refractivity contribution >= 4 is 21.6 Å². The molecule has 18 heavy (non-hydrogen) atoms. The second kappa shape index (κ2) is 3.99. The number of aryl methyl sites for hydroxylation is 3. The SMILES string of the molecule is Cc1nn(C)c2cc(-c3ccc(Br)cc3)c(C)n12. The first-order valence-corrected chi connectivity index (χ1v) is 6.65. The predicted octanol–water partition coefficient (Wildman–Crippen LogP) is 3.72. The number of fused-ring (bicyclic) bond motifs is 1. The molecule has 0 atom stereocenters. The average molecular weight is 304 g/mol. The number of benzene rings is 1. The van der Waals surface area contributed by atoms with E-state index in [9.17, 15) is 0 Å². The highest BCUT2D eigenvalue weighted by atomic mass is 79.9. The molecule has 92 valence electrons. The van der Waals surface area contributed by atoms with Gasteiger partial charge in [-0.25, -0.2) is 0 Å². The molecule has 0 amide bonds. The van der Waals surface area contributed by atoms with Crippen molar-refractivity contribution in [3.05, 3.63) is 46.3 Å². The van der Waals surface area contributed by atoms with Crippen LogP contribution in [0.4, 0.5) is 0 Å². The topological polar surface area (TPSA) is 22.2 Å².